The molecule has 0 saturated heterocycles. The van der Waals surface area contributed by atoms with Crippen molar-refractivity contribution in [1.82, 2.24) is 0 Å². The van der Waals surface area contributed by atoms with Gasteiger partial charge in [-0.25, -0.2) is 0 Å². The molecule has 100 valence electrons. The third-order valence-corrected chi connectivity index (χ3v) is 3.29. The fourth-order valence-corrected chi connectivity index (χ4v) is 2.21. The third-order valence-electron chi connectivity index (χ3n) is 3.29. The molecule has 0 bridgehead atoms. The summed E-state index contributed by atoms with van der Waals surface area (Å²) in [4.78, 5) is 12.4. The van der Waals surface area contributed by atoms with E-state index < -0.39 is 0 Å². The Morgan fingerprint density at radius 1 is 1.10 bits per heavy atom. The molecular weight excluding hydrogens is 252 g/mol. The molecule has 3 aromatic rings. The summed E-state index contributed by atoms with van der Waals surface area (Å²) in [5.41, 5.74) is 2.31. The molecule has 3 nitrogen and oxygen atoms in total. The van der Waals surface area contributed by atoms with Crippen LogP contribution in [-0.4, -0.2) is 7.11 Å². The predicted octanol–water partition coefficient (Wildman–Crippen LogP) is 3.39. The summed E-state index contributed by atoms with van der Waals surface area (Å²) < 4.78 is 10.7. The van der Waals surface area contributed by atoms with Gasteiger partial charge in [0.25, 0.3) is 0 Å². The summed E-state index contributed by atoms with van der Waals surface area (Å²) in [7, 11) is 1.59. The lowest BCUT2D eigenvalue weighted by Gasteiger charge is -2.04. The molecule has 0 saturated carbocycles. The van der Waals surface area contributed by atoms with Crippen LogP contribution < -0.4 is 10.2 Å². The van der Waals surface area contributed by atoms with Gasteiger partial charge in [0.1, 0.15) is 11.3 Å². The smallest absolute Gasteiger partial charge is 0.196 e. The molecule has 0 radical (unpaired) electrons. The minimum Gasteiger partial charge on any atom is -0.497 e. The molecule has 0 aliphatic rings. The molecule has 3 heteroatoms. The second-order valence-electron chi connectivity index (χ2n) is 4.61. The van der Waals surface area contributed by atoms with Crippen molar-refractivity contribution in [2.75, 3.05) is 7.11 Å². The second-order valence-corrected chi connectivity index (χ2v) is 4.61. The van der Waals surface area contributed by atoms with Crippen LogP contribution in [0.5, 0.6) is 5.75 Å². The van der Waals surface area contributed by atoms with E-state index in [1.165, 1.54) is 6.26 Å². The van der Waals surface area contributed by atoms with E-state index >= 15 is 0 Å². The van der Waals surface area contributed by atoms with E-state index in [9.17, 15) is 4.79 Å². The average molecular weight is 266 g/mol. The number of rotatable bonds is 3. The Labute approximate surface area is 116 Å². The van der Waals surface area contributed by atoms with E-state index in [2.05, 4.69) is 0 Å². The van der Waals surface area contributed by atoms with Gasteiger partial charge >= 0.3 is 0 Å². The third kappa shape index (κ3) is 2.30. The van der Waals surface area contributed by atoms with Gasteiger partial charge in [0.2, 0.25) is 0 Å². The number of fused-ring (bicyclic) bond motifs is 1. The van der Waals surface area contributed by atoms with E-state index in [0.717, 1.165) is 5.56 Å². The van der Waals surface area contributed by atoms with E-state index in [0.29, 0.717) is 28.7 Å². The lowest BCUT2D eigenvalue weighted by Crippen LogP contribution is -2.09. The minimum atomic E-state index is 0.0118. The lowest BCUT2D eigenvalue weighted by atomic mass is 10.1. The lowest BCUT2D eigenvalue weighted by molar-refractivity contribution is 0.414. The molecule has 2 aromatic carbocycles. The van der Waals surface area contributed by atoms with Crippen molar-refractivity contribution < 1.29 is 9.15 Å². The molecule has 0 atom stereocenters. The molecule has 0 fully saturated rings. The summed E-state index contributed by atoms with van der Waals surface area (Å²) >= 11 is 0. The number of benzene rings is 2. The van der Waals surface area contributed by atoms with Crippen LogP contribution in [0.15, 0.2) is 64.0 Å². The summed E-state index contributed by atoms with van der Waals surface area (Å²) in [6.45, 7) is 0. The van der Waals surface area contributed by atoms with Crippen molar-refractivity contribution in [1.29, 1.82) is 0 Å². The van der Waals surface area contributed by atoms with Crippen LogP contribution in [0.3, 0.4) is 0 Å². The normalized spacial score (nSPS) is 10.7. The second kappa shape index (κ2) is 5.21. The summed E-state index contributed by atoms with van der Waals surface area (Å²) in [5, 5.41) is 0.583. The molecule has 0 N–H and O–H groups in total. The molecule has 20 heavy (non-hydrogen) atoms. The van der Waals surface area contributed by atoms with E-state index in [-0.39, 0.29) is 5.43 Å². The first-order chi connectivity index (χ1) is 9.78. The van der Waals surface area contributed by atoms with E-state index in [1.807, 2.05) is 30.3 Å². The summed E-state index contributed by atoms with van der Waals surface area (Å²) in [6.07, 6.45) is 2.11. The Kier molecular flexibility index (Phi) is 3.25. The zero-order chi connectivity index (χ0) is 13.9. The number of hydrogen-bond acceptors (Lipinski definition) is 3. The fourth-order valence-electron chi connectivity index (χ4n) is 2.21. The molecule has 3 rings (SSSR count). The van der Waals surface area contributed by atoms with Crippen molar-refractivity contribution in [3.05, 3.63) is 76.1 Å². The van der Waals surface area contributed by atoms with Crippen LogP contribution in [0.1, 0.15) is 11.1 Å². The highest BCUT2D eigenvalue weighted by Gasteiger charge is 2.08. The first-order valence-corrected chi connectivity index (χ1v) is 6.40. The summed E-state index contributed by atoms with van der Waals surface area (Å²) in [6, 6.07) is 15.1. The molecule has 0 aliphatic heterocycles. The number of ether oxygens (including phenoxy) is 1. The maximum absolute atomic E-state index is 12.4. The highest BCUT2D eigenvalue weighted by molar-refractivity contribution is 5.78. The monoisotopic (exact) mass is 266 g/mol. The van der Waals surface area contributed by atoms with Crippen LogP contribution in [0.2, 0.25) is 0 Å². The zero-order valence-corrected chi connectivity index (χ0v) is 11.1. The maximum Gasteiger partial charge on any atom is 0.196 e. The van der Waals surface area contributed by atoms with Crippen molar-refractivity contribution in [2.24, 2.45) is 0 Å². The van der Waals surface area contributed by atoms with Gasteiger partial charge in [-0.15, -0.1) is 0 Å². The predicted molar refractivity (Wildman–Crippen MR) is 78.3 cm³/mol. The van der Waals surface area contributed by atoms with Crippen LogP contribution in [0.25, 0.3) is 11.0 Å². The fraction of sp³-hybridized carbons (Fsp3) is 0.118. The largest absolute Gasteiger partial charge is 0.497 e. The van der Waals surface area contributed by atoms with Crippen LogP contribution in [0, 0.1) is 0 Å². The van der Waals surface area contributed by atoms with Gasteiger partial charge in [0.15, 0.2) is 5.43 Å². The Morgan fingerprint density at radius 2 is 1.90 bits per heavy atom. The molecule has 0 amide bonds. The van der Waals surface area contributed by atoms with Gasteiger partial charge in [0, 0.05) is 18.1 Å². The molecular formula is C17H14O3. The van der Waals surface area contributed by atoms with Crippen molar-refractivity contribution in [2.45, 2.75) is 6.42 Å². The summed E-state index contributed by atoms with van der Waals surface area (Å²) in [5.74, 6) is 0.677. The number of hydrogen-bond donors (Lipinski definition) is 0. The quantitative estimate of drug-likeness (QED) is 0.729. The molecule has 0 aliphatic carbocycles. The molecule has 0 spiro atoms. The Bertz CT molecular complexity index is 788. The van der Waals surface area contributed by atoms with Crippen molar-refractivity contribution >= 4 is 11.0 Å². The Balaban J connectivity index is 2.05. The minimum absolute atomic E-state index is 0.0118. The number of methoxy groups -OCH3 is 1. The molecule has 1 heterocycles. The van der Waals surface area contributed by atoms with Crippen LogP contribution >= 0.6 is 0 Å². The zero-order valence-electron chi connectivity index (χ0n) is 11.1. The van der Waals surface area contributed by atoms with Gasteiger partial charge in [-0.2, -0.15) is 0 Å². The van der Waals surface area contributed by atoms with Crippen molar-refractivity contribution in [3.63, 3.8) is 0 Å². The maximum atomic E-state index is 12.4. The standard InChI is InChI=1S/C17H14O3/c1-19-14-7-8-15-16(10-14)20-11-13(17(15)18)9-12-5-3-2-4-6-12/h2-8,10-11H,9H2,1H3. The Hall–Kier alpha value is -2.55. The van der Waals surface area contributed by atoms with Crippen LogP contribution in [0.4, 0.5) is 0 Å². The highest BCUT2D eigenvalue weighted by Crippen LogP contribution is 2.19. The van der Waals surface area contributed by atoms with Gasteiger partial charge in [-0.05, 0) is 17.7 Å². The Morgan fingerprint density at radius 3 is 2.65 bits per heavy atom. The molecule has 0 unspecified atom stereocenters. The van der Waals surface area contributed by atoms with E-state index in [4.69, 9.17) is 9.15 Å². The topological polar surface area (TPSA) is 39.4 Å². The highest BCUT2D eigenvalue weighted by atomic mass is 16.5. The van der Waals surface area contributed by atoms with Gasteiger partial charge in [-0.1, -0.05) is 30.3 Å². The van der Waals surface area contributed by atoms with E-state index in [1.54, 1.807) is 25.3 Å². The molecule has 1 aromatic heterocycles. The van der Waals surface area contributed by atoms with Crippen LogP contribution in [-0.2, 0) is 6.42 Å². The van der Waals surface area contributed by atoms with Gasteiger partial charge in [-0.3, -0.25) is 4.79 Å². The van der Waals surface area contributed by atoms with Gasteiger partial charge in [0.05, 0.1) is 18.8 Å². The first kappa shape index (κ1) is 12.5. The first-order valence-electron chi connectivity index (χ1n) is 6.40. The van der Waals surface area contributed by atoms with Gasteiger partial charge < -0.3 is 9.15 Å². The SMILES string of the molecule is COc1ccc2c(=O)c(Cc3ccccc3)coc2c1. The average Bonchev–Trinajstić information content (AvgIpc) is 2.51. The van der Waals surface area contributed by atoms with Crippen molar-refractivity contribution in [3.8, 4) is 5.75 Å².